The van der Waals surface area contributed by atoms with Gasteiger partial charge in [-0.05, 0) is 49.5 Å². The van der Waals surface area contributed by atoms with Crippen molar-refractivity contribution >= 4 is 23.2 Å². The third-order valence-corrected chi connectivity index (χ3v) is 5.77. The number of aromatic nitrogens is 1. The van der Waals surface area contributed by atoms with Gasteiger partial charge >= 0.3 is 0 Å². The maximum absolute atomic E-state index is 14.1. The van der Waals surface area contributed by atoms with Crippen molar-refractivity contribution in [3.63, 3.8) is 0 Å². The zero-order valence-electron chi connectivity index (χ0n) is 17.3. The SMILES string of the molecule is CC(NC(=O)C1C=C(c2ccccc2F)CCN1)C(=O)NC1CCc2nc(N)ccc21. The van der Waals surface area contributed by atoms with Crippen molar-refractivity contribution in [1.29, 1.82) is 0 Å². The van der Waals surface area contributed by atoms with E-state index in [-0.39, 0.29) is 23.7 Å². The number of hydrogen-bond donors (Lipinski definition) is 4. The van der Waals surface area contributed by atoms with Crippen LogP contribution >= 0.6 is 0 Å². The Hall–Kier alpha value is -3.26. The summed E-state index contributed by atoms with van der Waals surface area (Å²) in [6.45, 7) is 2.20. The second kappa shape index (κ2) is 8.85. The molecule has 2 amide bonds. The van der Waals surface area contributed by atoms with Crippen molar-refractivity contribution in [1.82, 2.24) is 20.9 Å². The number of hydrogen-bond acceptors (Lipinski definition) is 5. The number of pyridine rings is 1. The number of halogens is 1. The Morgan fingerprint density at radius 2 is 2.03 bits per heavy atom. The first-order chi connectivity index (χ1) is 14.9. The van der Waals surface area contributed by atoms with Gasteiger partial charge in [0.1, 0.15) is 23.7 Å². The van der Waals surface area contributed by atoms with Crippen LogP contribution in [0.4, 0.5) is 10.2 Å². The van der Waals surface area contributed by atoms with Crippen LogP contribution in [0, 0.1) is 5.82 Å². The number of nitrogens with two attached hydrogens (primary N) is 1. The number of rotatable bonds is 5. The van der Waals surface area contributed by atoms with Gasteiger partial charge in [0.25, 0.3) is 0 Å². The van der Waals surface area contributed by atoms with Crippen LogP contribution in [0.1, 0.15) is 42.6 Å². The number of carbonyl (C=O) groups excluding carboxylic acids is 2. The molecule has 0 spiro atoms. The highest BCUT2D eigenvalue weighted by molar-refractivity contribution is 5.92. The summed E-state index contributed by atoms with van der Waals surface area (Å²) in [7, 11) is 0. The summed E-state index contributed by atoms with van der Waals surface area (Å²) >= 11 is 0. The molecule has 0 saturated carbocycles. The minimum Gasteiger partial charge on any atom is -0.384 e. The fraction of sp³-hybridized carbons (Fsp3) is 0.348. The highest BCUT2D eigenvalue weighted by Gasteiger charge is 2.29. The van der Waals surface area contributed by atoms with E-state index in [1.54, 1.807) is 37.3 Å². The summed E-state index contributed by atoms with van der Waals surface area (Å²) in [5.41, 5.74) is 8.88. The Morgan fingerprint density at radius 3 is 2.84 bits per heavy atom. The van der Waals surface area contributed by atoms with Crippen molar-refractivity contribution in [3.8, 4) is 0 Å². The van der Waals surface area contributed by atoms with Crippen molar-refractivity contribution in [2.24, 2.45) is 0 Å². The predicted octanol–water partition coefficient (Wildman–Crippen LogP) is 1.86. The van der Waals surface area contributed by atoms with Gasteiger partial charge < -0.3 is 21.7 Å². The first-order valence-electron chi connectivity index (χ1n) is 10.5. The standard InChI is InChI=1S/C23H26FN5O2/c1-13(22(30)29-19-8-7-18-16(19)6-9-21(25)28-18)27-23(31)20-12-14(10-11-26-20)15-4-2-3-5-17(15)24/h2-6,9,12-13,19-20,26H,7-8,10-11H2,1H3,(H2,25,28)(H,27,31)(H,29,30). The molecule has 3 unspecified atom stereocenters. The van der Waals surface area contributed by atoms with Crippen LogP contribution in [0.5, 0.6) is 0 Å². The number of anilines is 1. The minimum atomic E-state index is -0.715. The van der Waals surface area contributed by atoms with E-state index in [0.717, 1.165) is 29.7 Å². The number of nitrogens with one attached hydrogen (secondary N) is 3. The summed E-state index contributed by atoms with van der Waals surface area (Å²) in [5.74, 6) is -0.431. The average Bonchev–Trinajstić information content (AvgIpc) is 3.15. The Bertz CT molecular complexity index is 1040. The molecule has 8 heteroatoms. The third kappa shape index (κ3) is 4.59. The number of nitrogen functional groups attached to an aromatic ring is 1. The number of aryl methyl sites for hydroxylation is 1. The zero-order valence-corrected chi connectivity index (χ0v) is 17.3. The van der Waals surface area contributed by atoms with Gasteiger partial charge in [0.15, 0.2) is 0 Å². The number of nitrogens with zero attached hydrogens (tertiary/aromatic N) is 1. The summed E-state index contributed by atoms with van der Waals surface area (Å²) in [6.07, 6.45) is 3.85. The van der Waals surface area contributed by atoms with Crippen LogP contribution in [0.15, 0.2) is 42.5 Å². The molecule has 0 radical (unpaired) electrons. The quantitative estimate of drug-likeness (QED) is 0.587. The molecule has 0 saturated heterocycles. The van der Waals surface area contributed by atoms with Crippen molar-refractivity contribution in [2.75, 3.05) is 12.3 Å². The van der Waals surface area contributed by atoms with Crippen LogP contribution < -0.4 is 21.7 Å². The second-order valence-corrected chi connectivity index (χ2v) is 7.96. The van der Waals surface area contributed by atoms with Gasteiger partial charge in [0.05, 0.1) is 6.04 Å². The van der Waals surface area contributed by atoms with Gasteiger partial charge in [-0.3, -0.25) is 9.59 Å². The minimum absolute atomic E-state index is 0.143. The first-order valence-corrected chi connectivity index (χ1v) is 10.5. The van der Waals surface area contributed by atoms with Crippen molar-refractivity contribution < 1.29 is 14.0 Å². The molecule has 1 aromatic carbocycles. The molecule has 0 fully saturated rings. The average molecular weight is 423 g/mol. The lowest BCUT2D eigenvalue weighted by atomic mass is 9.96. The topological polar surface area (TPSA) is 109 Å². The molecule has 7 nitrogen and oxygen atoms in total. The molecule has 31 heavy (non-hydrogen) atoms. The summed E-state index contributed by atoms with van der Waals surface area (Å²) in [6, 6.07) is 8.65. The number of benzene rings is 1. The van der Waals surface area contributed by atoms with Gasteiger partial charge in [0, 0.05) is 17.8 Å². The Labute approximate surface area is 180 Å². The van der Waals surface area contributed by atoms with Gasteiger partial charge in [-0.15, -0.1) is 0 Å². The summed E-state index contributed by atoms with van der Waals surface area (Å²) < 4.78 is 14.1. The molecular formula is C23H26FN5O2. The largest absolute Gasteiger partial charge is 0.384 e. The fourth-order valence-electron chi connectivity index (χ4n) is 4.12. The number of amides is 2. The van der Waals surface area contributed by atoms with E-state index in [1.165, 1.54) is 6.07 Å². The molecule has 2 aromatic rings. The molecule has 4 rings (SSSR count). The number of carbonyl (C=O) groups is 2. The first kappa shape index (κ1) is 21.0. The molecule has 1 aliphatic carbocycles. The van der Waals surface area contributed by atoms with Crippen molar-refractivity contribution in [2.45, 2.75) is 44.3 Å². The van der Waals surface area contributed by atoms with E-state index in [0.29, 0.717) is 24.3 Å². The Kier molecular flexibility index (Phi) is 5.99. The monoisotopic (exact) mass is 423 g/mol. The molecule has 1 aliphatic heterocycles. The maximum atomic E-state index is 14.1. The highest BCUT2D eigenvalue weighted by atomic mass is 19.1. The lowest BCUT2D eigenvalue weighted by Gasteiger charge is -2.25. The van der Waals surface area contributed by atoms with Crippen molar-refractivity contribution in [3.05, 3.63) is 65.1 Å². The van der Waals surface area contributed by atoms with Crippen LogP contribution in [0.25, 0.3) is 5.57 Å². The van der Waals surface area contributed by atoms with E-state index in [4.69, 9.17) is 5.73 Å². The number of fused-ring (bicyclic) bond motifs is 1. The van der Waals surface area contributed by atoms with E-state index in [1.807, 2.05) is 6.07 Å². The van der Waals surface area contributed by atoms with Crippen LogP contribution in [0.3, 0.4) is 0 Å². The van der Waals surface area contributed by atoms with E-state index >= 15 is 0 Å². The second-order valence-electron chi connectivity index (χ2n) is 7.96. The Morgan fingerprint density at radius 1 is 1.23 bits per heavy atom. The predicted molar refractivity (Wildman–Crippen MR) is 116 cm³/mol. The van der Waals surface area contributed by atoms with Crippen LogP contribution in [-0.4, -0.2) is 35.4 Å². The van der Waals surface area contributed by atoms with E-state index in [9.17, 15) is 14.0 Å². The summed E-state index contributed by atoms with van der Waals surface area (Å²) in [5, 5.41) is 8.85. The van der Waals surface area contributed by atoms with Gasteiger partial charge in [-0.1, -0.05) is 30.3 Å². The Balaban J connectivity index is 1.38. The summed E-state index contributed by atoms with van der Waals surface area (Å²) in [4.78, 5) is 29.7. The molecular weight excluding hydrogens is 397 g/mol. The fourth-order valence-corrected chi connectivity index (χ4v) is 4.12. The van der Waals surface area contributed by atoms with Crippen LogP contribution in [-0.2, 0) is 16.0 Å². The molecule has 2 heterocycles. The zero-order chi connectivity index (χ0) is 22.0. The normalized spacial score (nSPS) is 21.0. The third-order valence-electron chi connectivity index (χ3n) is 5.77. The lowest BCUT2D eigenvalue weighted by Crippen LogP contribution is -2.52. The van der Waals surface area contributed by atoms with Gasteiger partial charge in [-0.2, -0.15) is 0 Å². The smallest absolute Gasteiger partial charge is 0.242 e. The lowest BCUT2D eigenvalue weighted by molar-refractivity contribution is -0.129. The molecule has 1 aromatic heterocycles. The molecule has 0 bridgehead atoms. The molecule has 3 atom stereocenters. The van der Waals surface area contributed by atoms with Gasteiger partial charge in [-0.25, -0.2) is 9.37 Å². The van der Waals surface area contributed by atoms with Crippen LogP contribution in [0.2, 0.25) is 0 Å². The van der Waals surface area contributed by atoms with E-state index in [2.05, 4.69) is 20.9 Å². The van der Waals surface area contributed by atoms with Gasteiger partial charge in [0.2, 0.25) is 11.8 Å². The maximum Gasteiger partial charge on any atom is 0.242 e. The molecule has 5 N–H and O–H groups in total. The van der Waals surface area contributed by atoms with E-state index < -0.39 is 12.1 Å². The molecule has 2 aliphatic rings. The molecule has 162 valence electrons. The highest BCUT2D eigenvalue weighted by Crippen LogP contribution is 2.30.